The molecule has 1 aliphatic rings. The second-order valence-electron chi connectivity index (χ2n) is 3.88. The van der Waals surface area contributed by atoms with Gasteiger partial charge in [0.25, 0.3) is 5.91 Å². The highest BCUT2D eigenvalue weighted by atomic mass is 32.1. The predicted molar refractivity (Wildman–Crippen MR) is 69.1 cm³/mol. The summed E-state index contributed by atoms with van der Waals surface area (Å²) in [4.78, 5) is 13.2. The fourth-order valence-corrected chi connectivity index (χ4v) is 1.81. The molecule has 2 rings (SSSR count). The van der Waals surface area contributed by atoms with Crippen LogP contribution in [0.2, 0.25) is 0 Å². The average molecular weight is 250 g/mol. The van der Waals surface area contributed by atoms with E-state index in [2.05, 4.69) is 10.4 Å². The van der Waals surface area contributed by atoms with Gasteiger partial charge in [-0.25, -0.2) is 0 Å². The second kappa shape index (κ2) is 4.29. The minimum absolute atomic E-state index is 0.112. The maximum atomic E-state index is 11.8. The van der Waals surface area contributed by atoms with Gasteiger partial charge in [-0.15, -0.1) is 0 Å². The van der Waals surface area contributed by atoms with E-state index in [0.29, 0.717) is 10.8 Å². The van der Waals surface area contributed by atoms with Crippen molar-refractivity contribution < 1.29 is 4.79 Å². The first-order valence-corrected chi connectivity index (χ1v) is 5.78. The number of aromatic nitrogens is 2. The molecule has 0 spiro atoms. The van der Waals surface area contributed by atoms with Crippen LogP contribution in [0.4, 0.5) is 0 Å². The molecule has 0 aromatic carbocycles. The topological polar surface area (TPSA) is 50.2 Å². The molecule has 1 aromatic rings. The Morgan fingerprint density at radius 1 is 1.59 bits per heavy atom. The number of thiocarbonyl (C=S) groups is 1. The van der Waals surface area contributed by atoms with Crippen molar-refractivity contribution in [3.8, 4) is 0 Å². The molecule has 0 unspecified atom stereocenters. The van der Waals surface area contributed by atoms with Crippen LogP contribution in [-0.2, 0) is 11.3 Å². The molecular weight excluding hydrogens is 236 g/mol. The first-order valence-electron chi connectivity index (χ1n) is 5.37. The largest absolute Gasteiger partial charge is 0.328 e. The highest BCUT2D eigenvalue weighted by Crippen LogP contribution is 2.14. The maximum absolute atomic E-state index is 11.8. The number of hydrogen-bond donors (Lipinski definition) is 1. The summed E-state index contributed by atoms with van der Waals surface area (Å²) in [5, 5.41) is 7.64. The fourth-order valence-electron chi connectivity index (χ4n) is 1.62. The number of likely N-dealkylation sites (N-methyl/N-ethyl adjacent to an activating group) is 1. The number of hydrogen-bond acceptors (Lipinski definition) is 3. The number of aryl methyl sites for hydroxylation is 2. The van der Waals surface area contributed by atoms with Gasteiger partial charge in [-0.05, 0) is 32.1 Å². The minimum Gasteiger partial charge on any atom is -0.328 e. The molecular formula is C11H14N4OS. The lowest BCUT2D eigenvalue weighted by molar-refractivity contribution is -0.121. The van der Waals surface area contributed by atoms with Gasteiger partial charge in [0.15, 0.2) is 5.11 Å². The van der Waals surface area contributed by atoms with Gasteiger partial charge in [0.2, 0.25) is 0 Å². The van der Waals surface area contributed by atoms with E-state index in [-0.39, 0.29) is 5.91 Å². The molecule has 0 radical (unpaired) electrons. The third-order valence-corrected chi connectivity index (χ3v) is 3.07. The van der Waals surface area contributed by atoms with E-state index in [1.165, 1.54) is 4.90 Å². The van der Waals surface area contributed by atoms with Crippen LogP contribution in [0.1, 0.15) is 18.2 Å². The average Bonchev–Trinajstić information content (AvgIpc) is 2.77. The Hall–Kier alpha value is -1.69. The van der Waals surface area contributed by atoms with E-state index in [9.17, 15) is 4.79 Å². The van der Waals surface area contributed by atoms with Crippen LogP contribution in [0.15, 0.2) is 11.9 Å². The van der Waals surface area contributed by atoms with Gasteiger partial charge in [0.05, 0.1) is 5.69 Å². The Morgan fingerprint density at radius 2 is 2.29 bits per heavy atom. The van der Waals surface area contributed by atoms with Crippen molar-refractivity contribution in [2.75, 3.05) is 7.05 Å². The molecule has 1 N–H and O–H groups in total. The molecule has 5 nitrogen and oxygen atoms in total. The number of rotatable bonds is 2. The van der Waals surface area contributed by atoms with Crippen LogP contribution >= 0.6 is 12.2 Å². The predicted octanol–water partition coefficient (Wildman–Crippen LogP) is 0.899. The SMILES string of the molecule is CCn1cc(/C=C2/NC(=S)N(C)C2=O)c(C)n1. The van der Waals surface area contributed by atoms with Gasteiger partial charge in [-0.2, -0.15) is 5.10 Å². The summed E-state index contributed by atoms with van der Waals surface area (Å²) in [6.07, 6.45) is 3.70. The molecule has 1 fully saturated rings. The quantitative estimate of drug-likeness (QED) is 0.626. The lowest BCUT2D eigenvalue weighted by Crippen LogP contribution is -2.25. The molecule has 90 valence electrons. The third-order valence-electron chi connectivity index (χ3n) is 2.69. The molecule has 6 heteroatoms. The molecule has 0 saturated carbocycles. The summed E-state index contributed by atoms with van der Waals surface area (Å²) in [6.45, 7) is 4.74. The van der Waals surface area contributed by atoms with Crippen LogP contribution in [0.25, 0.3) is 6.08 Å². The van der Waals surface area contributed by atoms with Crippen molar-refractivity contribution in [2.45, 2.75) is 20.4 Å². The van der Waals surface area contributed by atoms with Crippen LogP contribution in [0, 0.1) is 6.92 Å². The minimum atomic E-state index is -0.112. The van der Waals surface area contributed by atoms with Crippen molar-refractivity contribution in [2.24, 2.45) is 0 Å². The van der Waals surface area contributed by atoms with Crippen LogP contribution in [0.5, 0.6) is 0 Å². The molecule has 0 bridgehead atoms. The zero-order valence-corrected chi connectivity index (χ0v) is 10.8. The smallest absolute Gasteiger partial charge is 0.276 e. The van der Waals surface area contributed by atoms with Gasteiger partial charge in [-0.1, -0.05) is 0 Å². The Labute approximate surface area is 105 Å². The van der Waals surface area contributed by atoms with Crippen molar-refractivity contribution in [1.29, 1.82) is 0 Å². The molecule has 2 heterocycles. The standard InChI is InChI=1S/C11H14N4OS/c1-4-15-6-8(7(2)13-15)5-9-10(16)14(3)11(17)12-9/h5-6H,4H2,1-3H3,(H,12,17)/b9-5+. The Bertz CT molecular complexity index is 518. The summed E-state index contributed by atoms with van der Waals surface area (Å²) in [5.74, 6) is -0.112. The van der Waals surface area contributed by atoms with E-state index in [0.717, 1.165) is 17.8 Å². The van der Waals surface area contributed by atoms with Crippen LogP contribution in [0.3, 0.4) is 0 Å². The monoisotopic (exact) mass is 250 g/mol. The highest BCUT2D eigenvalue weighted by Gasteiger charge is 2.27. The molecule has 1 aliphatic heterocycles. The molecule has 1 amide bonds. The lowest BCUT2D eigenvalue weighted by atomic mass is 10.2. The van der Waals surface area contributed by atoms with E-state index >= 15 is 0 Å². The van der Waals surface area contributed by atoms with E-state index in [1.54, 1.807) is 13.1 Å². The van der Waals surface area contributed by atoms with Crippen molar-refractivity contribution >= 4 is 29.3 Å². The molecule has 17 heavy (non-hydrogen) atoms. The zero-order valence-electron chi connectivity index (χ0n) is 10.0. The van der Waals surface area contributed by atoms with Gasteiger partial charge in [0, 0.05) is 25.4 Å². The van der Waals surface area contributed by atoms with Crippen molar-refractivity contribution in [1.82, 2.24) is 20.0 Å². The van der Waals surface area contributed by atoms with Gasteiger partial charge in [0.1, 0.15) is 5.70 Å². The number of nitrogens with one attached hydrogen (secondary N) is 1. The van der Waals surface area contributed by atoms with E-state index in [1.807, 2.05) is 24.7 Å². The maximum Gasteiger partial charge on any atom is 0.276 e. The molecule has 0 aliphatic carbocycles. The van der Waals surface area contributed by atoms with Crippen LogP contribution < -0.4 is 5.32 Å². The Kier molecular flexibility index (Phi) is 2.97. The molecule has 1 aromatic heterocycles. The van der Waals surface area contributed by atoms with E-state index in [4.69, 9.17) is 12.2 Å². The fraction of sp³-hybridized carbons (Fsp3) is 0.364. The lowest BCUT2D eigenvalue weighted by Gasteiger charge is -2.02. The highest BCUT2D eigenvalue weighted by molar-refractivity contribution is 7.80. The van der Waals surface area contributed by atoms with Crippen molar-refractivity contribution in [3.63, 3.8) is 0 Å². The normalized spacial score (nSPS) is 18.1. The number of nitrogens with zero attached hydrogens (tertiary/aromatic N) is 3. The first-order chi connectivity index (χ1) is 8.02. The summed E-state index contributed by atoms with van der Waals surface area (Å²) in [7, 11) is 1.65. The third kappa shape index (κ3) is 2.08. The summed E-state index contributed by atoms with van der Waals surface area (Å²) in [5.41, 5.74) is 2.33. The number of amides is 1. The first kappa shape index (κ1) is 11.8. The van der Waals surface area contributed by atoms with Gasteiger partial charge >= 0.3 is 0 Å². The second-order valence-corrected chi connectivity index (χ2v) is 4.26. The Balaban J connectivity index is 2.33. The summed E-state index contributed by atoms with van der Waals surface area (Å²) in [6, 6.07) is 0. The number of carbonyl (C=O) groups excluding carboxylic acids is 1. The molecule has 0 atom stereocenters. The summed E-state index contributed by atoms with van der Waals surface area (Å²) < 4.78 is 1.84. The van der Waals surface area contributed by atoms with Crippen LogP contribution in [-0.4, -0.2) is 32.7 Å². The summed E-state index contributed by atoms with van der Waals surface area (Å²) >= 11 is 5.01. The van der Waals surface area contributed by atoms with Gasteiger partial charge < -0.3 is 5.32 Å². The zero-order chi connectivity index (χ0) is 12.6. The van der Waals surface area contributed by atoms with Gasteiger partial charge in [-0.3, -0.25) is 14.4 Å². The molecule has 1 saturated heterocycles. The Morgan fingerprint density at radius 3 is 2.76 bits per heavy atom. The van der Waals surface area contributed by atoms with E-state index < -0.39 is 0 Å². The van der Waals surface area contributed by atoms with Crippen molar-refractivity contribution in [3.05, 3.63) is 23.2 Å². The number of carbonyl (C=O) groups is 1.